The summed E-state index contributed by atoms with van der Waals surface area (Å²) in [6.07, 6.45) is 13.1. The molecule has 2 heteroatoms. The van der Waals surface area contributed by atoms with Gasteiger partial charge < -0.3 is 10.2 Å². The van der Waals surface area contributed by atoms with Crippen LogP contribution in [0.25, 0.3) is 0 Å². The summed E-state index contributed by atoms with van der Waals surface area (Å²) in [5.74, 6) is 0. The third-order valence-electron chi connectivity index (χ3n) is 5.25. The third-order valence-corrected chi connectivity index (χ3v) is 5.25. The molecule has 0 radical (unpaired) electrons. The second-order valence-corrected chi connectivity index (χ2v) is 6.59. The molecule has 0 atom stereocenters. The van der Waals surface area contributed by atoms with Gasteiger partial charge in [0.25, 0.3) is 0 Å². The van der Waals surface area contributed by atoms with Gasteiger partial charge in [-0.15, -0.1) is 0 Å². The van der Waals surface area contributed by atoms with Crippen LogP contribution in [0.15, 0.2) is 0 Å². The van der Waals surface area contributed by atoms with Gasteiger partial charge in [-0.25, -0.2) is 0 Å². The molecule has 0 spiro atoms. The Morgan fingerprint density at radius 1 is 1.06 bits per heavy atom. The lowest BCUT2D eigenvalue weighted by molar-refractivity contribution is 0.0944. The Bertz CT molecular complexity index is 227. The number of nitrogens with zero attached hydrogens (tertiary/aromatic N) is 1. The van der Waals surface area contributed by atoms with E-state index in [0.717, 1.165) is 6.04 Å². The normalized spacial score (nSPS) is 24.8. The van der Waals surface area contributed by atoms with Crippen molar-refractivity contribution in [1.82, 2.24) is 10.2 Å². The van der Waals surface area contributed by atoms with E-state index < -0.39 is 0 Å². The van der Waals surface area contributed by atoms with Gasteiger partial charge in [-0.3, -0.25) is 0 Å². The Hall–Kier alpha value is -0.0800. The highest BCUT2D eigenvalue weighted by Crippen LogP contribution is 2.39. The Morgan fingerprint density at radius 2 is 1.72 bits per heavy atom. The van der Waals surface area contributed by atoms with E-state index in [4.69, 9.17) is 0 Å². The molecule has 1 N–H and O–H groups in total. The van der Waals surface area contributed by atoms with Crippen LogP contribution in [0.4, 0.5) is 0 Å². The van der Waals surface area contributed by atoms with Gasteiger partial charge in [-0.2, -0.15) is 0 Å². The van der Waals surface area contributed by atoms with Crippen LogP contribution in [-0.2, 0) is 0 Å². The summed E-state index contributed by atoms with van der Waals surface area (Å²) in [6, 6.07) is 0.887. The molecule has 0 amide bonds. The molecular formula is C16H32N2. The van der Waals surface area contributed by atoms with Crippen molar-refractivity contribution in [2.45, 2.75) is 70.8 Å². The first-order valence-corrected chi connectivity index (χ1v) is 8.18. The Kier molecular flexibility index (Phi) is 5.50. The predicted octanol–water partition coefficient (Wildman–Crippen LogP) is 3.42. The highest BCUT2D eigenvalue weighted by atomic mass is 15.2. The van der Waals surface area contributed by atoms with Gasteiger partial charge >= 0.3 is 0 Å². The van der Waals surface area contributed by atoms with Crippen molar-refractivity contribution < 1.29 is 0 Å². The van der Waals surface area contributed by atoms with E-state index >= 15 is 0 Å². The SMILES string of the molecule is CCN(CC1(CNC)CCCC1)C1CCCCC1. The lowest BCUT2D eigenvalue weighted by atomic mass is 9.84. The maximum Gasteiger partial charge on any atom is 0.00953 e. The molecule has 106 valence electrons. The molecular weight excluding hydrogens is 220 g/mol. The van der Waals surface area contributed by atoms with Gasteiger partial charge in [-0.1, -0.05) is 39.0 Å². The molecule has 0 aromatic heterocycles. The maximum absolute atomic E-state index is 3.46. The third kappa shape index (κ3) is 3.48. The maximum atomic E-state index is 3.46. The smallest absolute Gasteiger partial charge is 0.00953 e. The summed E-state index contributed by atoms with van der Waals surface area (Å²) in [6.45, 7) is 6.16. The van der Waals surface area contributed by atoms with Crippen LogP contribution in [0.2, 0.25) is 0 Å². The van der Waals surface area contributed by atoms with Crippen LogP contribution in [-0.4, -0.2) is 37.6 Å². The molecule has 0 heterocycles. The monoisotopic (exact) mass is 252 g/mol. The molecule has 0 bridgehead atoms. The zero-order valence-corrected chi connectivity index (χ0v) is 12.5. The van der Waals surface area contributed by atoms with E-state index in [1.54, 1.807) is 0 Å². The van der Waals surface area contributed by atoms with Gasteiger partial charge in [0.15, 0.2) is 0 Å². The van der Waals surface area contributed by atoms with Crippen LogP contribution in [0.3, 0.4) is 0 Å². The van der Waals surface area contributed by atoms with Crippen LogP contribution in [0.1, 0.15) is 64.7 Å². The summed E-state index contributed by atoms with van der Waals surface area (Å²) in [7, 11) is 2.12. The highest BCUT2D eigenvalue weighted by molar-refractivity contribution is 4.91. The first kappa shape index (κ1) is 14.3. The molecule has 2 nitrogen and oxygen atoms in total. The van der Waals surface area contributed by atoms with Crippen molar-refractivity contribution in [1.29, 1.82) is 0 Å². The molecule has 2 rings (SSSR count). The second kappa shape index (κ2) is 6.91. The van der Waals surface area contributed by atoms with E-state index in [1.165, 1.54) is 77.4 Å². The van der Waals surface area contributed by atoms with Crippen LogP contribution >= 0.6 is 0 Å². The standard InChI is InChI=1S/C16H32N2/c1-3-18(15-9-5-4-6-10-15)14-16(13-17-2)11-7-8-12-16/h15,17H,3-14H2,1-2H3. The second-order valence-electron chi connectivity index (χ2n) is 6.59. The quantitative estimate of drug-likeness (QED) is 0.779. The number of rotatable bonds is 6. The van der Waals surface area contributed by atoms with Crippen molar-refractivity contribution in [3.63, 3.8) is 0 Å². The number of hydrogen-bond acceptors (Lipinski definition) is 2. The average Bonchev–Trinajstić information content (AvgIpc) is 2.86. The van der Waals surface area contributed by atoms with Gasteiger partial charge in [0.05, 0.1) is 0 Å². The minimum absolute atomic E-state index is 0.586. The summed E-state index contributed by atoms with van der Waals surface area (Å²) < 4.78 is 0. The van der Waals surface area contributed by atoms with E-state index in [1.807, 2.05) is 0 Å². The van der Waals surface area contributed by atoms with E-state index in [0.29, 0.717) is 5.41 Å². The largest absolute Gasteiger partial charge is 0.319 e. The fraction of sp³-hybridized carbons (Fsp3) is 1.00. The van der Waals surface area contributed by atoms with Crippen LogP contribution in [0, 0.1) is 5.41 Å². The topological polar surface area (TPSA) is 15.3 Å². The van der Waals surface area contributed by atoms with Gasteiger partial charge in [0.2, 0.25) is 0 Å². The van der Waals surface area contributed by atoms with E-state index in [9.17, 15) is 0 Å². The summed E-state index contributed by atoms with van der Waals surface area (Å²) in [5.41, 5.74) is 0.586. The minimum Gasteiger partial charge on any atom is -0.319 e. The molecule has 0 aromatic carbocycles. The van der Waals surface area contributed by atoms with Crippen LogP contribution < -0.4 is 5.32 Å². The van der Waals surface area contributed by atoms with E-state index in [2.05, 4.69) is 24.2 Å². The predicted molar refractivity (Wildman–Crippen MR) is 78.9 cm³/mol. The molecule has 2 aliphatic rings. The summed E-state index contributed by atoms with van der Waals surface area (Å²) in [4.78, 5) is 2.81. The minimum atomic E-state index is 0.586. The average molecular weight is 252 g/mol. The molecule has 0 aliphatic heterocycles. The fourth-order valence-corrected chi connectivity index (χ4v) is 4.27. The zero-order valence-electron chi connectivity index (χ0n) is 12.5. The Labute approximate surface area is 114 Å². The van der Waals surface area contributed by atoms with Crippen molar-refractivity contribution in [2.24, 2.45) is 5.41 Å². The molecule has 2 aliphatic carbocycles. The van der Waals surface area contributed by atoms with Gasteiger partial charge in [-0.05, 0) is 44.7 Å². The zero-order chi connectivity index (χ0) is 12.8. The molecule has 0 aromatic rings. The molecule has 18 heavy (non-hydrogen) atoms. The number of hydrogen-bond donors (Lipinski definition) is 1. The Balaban J connectivity index is 1.94. The lowest BCUT2D eigenvalue weighted by Gasteiger charge is -2.40. The highest BCUT2D eigenvalue weighted by Gasteiger charge is 2.36. The van der Waals surface area contributed by atoms with Crippen molar-refractivity contribution in [2.75, 3.05) is 26.7 Å². The van der Waals surface area contributed by atoms with Crippen molar-refractivity contribution >= 4 is 0 Å². The lowest BCUT2D eigenvalue weighted by Crippen LogP contribution is -2.46. The van der Waals surface area contributed by atoms with Gasteiger partial charge in [0.1, 0.15) is 0 Å². The van der Waals surface area contributed by atoms with Crippen LogP contribution in [0.5, 0.6) is 0 Å². The molecule has 2 saturated carbocycles. The molecule has 0 unspecified atom stereocenters. The van der Waals surface area contributed by atoms with Crippen molar-refractivity contribution in [3.05, 3.63) is 0 Å². The number of nitrogens with one attached hydrogen (secondary N) is 1. The summed E-state index contributed by atoms with van der Waals surface area (Å²) >= 11 is 0. The first-order chi connectivity index (χ1) is 8.79. The van der Waals surface area contributed by atoms with Crippen molar-refractivity contribution in [3.8, 4) is 0 Å². The summed E-state index contributed by atoms with van der Waals surface area (Å²) in [5, 5.41) is 3.46. The van der Waals surface area contributed by atoms with E-state index in [-0.39, 0.29) is 0 Å². The first-order valence-electron chi connectivity index (χ1n) is 8.18. The van der Waals surface area contributed by atoms with Gasteiger partial charge in [0, 0.05) is 19.1 Å². The Morgan fingerprint density at radius 3 is 2.28 bits per heavy atom. The fourth-order valence-electron chi connectivity index (χ4n) is 4.27. The molecule has 0 saturated heterocycles. The molecule has 2 fully saturated rings.